The highest BCUT2D eigenvalue weighted by molar-refractivity contribution is 9.10. The van der Waals surface area contributed by atoms with Gasteiger partial charge in [-0.25, -0.2) is 0 Å². The molecule has 2 rings (SSSR count). The van der Waals surface area contributed by atoms with E-state index in [-0.39, 0.29) is 4.75 Å². The fourth-order valence-corrected chi connectivity index (χ4v) is 2.95. The highest BCUT2D eigenvalue weighted by Crippen LogP contribution is 2.41. The molecule has 0 heterocycles. The van der Waals surface area contributed by atoms with E-state index in [1.165, 1.54) is 0 Å². The van der Waals surface area contributed by atoms with Crippen LogP contribution in [0.1, 0.15) is 12.8 Å². The molecule has 0 aromatic heterocycles. The SMILES string of the molecule is N#CC1(Sc2ccc(Br)cc2)CC=CC1. The van der Waals surface area contributed by atoms with E-state index in [0.29, 0.717) is 0 Å². The second kappa shape index (κ2) is 4.42. The molecule has 0 spiro atoms. The van der Waals surface area contributed by atoms with Gasteiger partial charge in [-0.3, -0.25) is 0 Å². The molecule has 1 aliphatic carbocycles. The number of thioether (sulfide) groups is 1. The van der Waals surface area contributed by atoms with Gasteiger partial charge in [0.2, 0.25) is 0 Å². The minimum Gasteiger partial charge on any atom is -0.197 e. The lowest BCUT2D eigenvalue weighted by Gasteiger charge is -2.19. The van der Waals surface area contributed by atoms with Crippen LogP contribution < -0.4 is 0 Å². The Balaban J connectivity index is 2.14. The maximum absolute atomic E-state index is 9.21. The van der Waals surface area contributed by atoms with Crippen molar-refractivity contribution in [2.24, 2.45) is 0 Å². The molecule has 76 valence electrons. The van der Waals surface area contributed by atoms with Gasteiger partial charge in [-0.2, -0.15) is 5.26 Å². The Kier molecular flexibility index (Phi) is 3.18. The molecule has 0 saturated carbocycles. The number of hydrogen-bond donors (Lipinski definition) is 0. The normalized spacial score (nSPS) is 17.6. The van der Waals surface area contributed by atoms with Crippen molar-refractivity contribution in [3.05, 3.63) is 40.9 Å². The Hall–Kier alpha value is -0.720. The predicted octanol–water partition coefficient (Wildman–Crippen LogP) is 4.15. The van der Waals surface area contributed by atoms with Gasteiger partial charge >= 0.3 is 0 Å². The van der Waals surface area contributed by atoms with Crippen LogP contribution in [0.4, 0.5) is 0 Å². The largest absolute Gasteiger partial charge is 0.197 e. The van der Waals surface area contributed by atoms with Crippen LogP contribution in [0.2, 0.25) is 0 Å². The van der Waals surface area contributed by atoms with Gasteiger partial charge in [-0.15, -0.1) is 11.8 Å². The third-order valence-corrected chi connectivity index (χ3v) is 4.24. The maximum atomic E-state index is 9.21. The zero-order valence-electron chi connectivity index (χ0n) is 8.11. The first kappa shape index (κ1) is 10.8. The summed E-state index contributed by atoms with van der Waals surface area (Å²) in [6, 6.07) is 10.5. The van der Waals surface area contributed by atoms with E-state index >= 15 is 0 Å². The number of nitriles is 1. The molecule has 1 nitrogen and oxygen atoms in total. The van der Waals surface area contributed by atoms with Crippen molar-refractivity contribution in [1.82, 2.24) is 0 Å². The number of nitrogens with zero attached hydrogens (tertiary/aromatic N) is 1. The summed E-state index contributed by atoms with van der Waals surface area (Å²) in [4.78, 5) is 1.16. The van der Waals surface area contributed by atoms with Crippen molar-refractivity contribution >= 4 is 27.7 Å². The van der Waals surface area contributed by atoms with Gasteiger partial charge in [0.05, 0.1) is 6.07 Å². The average Bonchev–Trinajstić information content (AvgIpc) is 2.71. The molecular weight excluding hydrogens is 270 g/mol. The van der Waals surface area contributed by atoms with E-state index in [2.05, 4.69) is 34.2 Å². The minimum atomic E-state index is -0.270. The van der Waals surface area contributed by atoms with Crippen LogP contribution in [-0.4, -0.2) is 4.75 Å². The van der Waals surface area contributed by atoms with Crippen molar-refractivity contribution in [3.8, 4) is 6.07 Å². The van der Waals surface area contributed by atoms with E-state index < -0.39 is 0 Å². The van der Waals surface area contributed by atoms with Crippen LogP contribution in [0.15, 0.2) is 45.8 Å². The fourth-order valence-electron chi connectivity index (χ4n) is 1.56. The summed E-state index contributed by atoms with van der Waals surface area (Å²) in [5.74, 6) is 0. The highest BCUT2D eigenvalue weighted by Gasteiger charge is 2.31. The standard InChI is InChI=1S/C12H10BrNS/c13-10-3-5-11(6-4-10)15-12(9-14)7-1-2-8-12/h1-6H,7-8H2. The van der Waals surface area contributed by atoms with Crippen LogP contribution in [0, 0.1) is 11.3 Å². The molecule has 0 unspecified atom stereocenters. The molecule has 0 amide bonds. The third-order valence-electron chi connectivity index (χ3n) is 2.39. The molecular formula is C12H10BrNS. The smallest absolute Gasteiger partial charge is 0.114 e. The van der Waals surface area contributed by atoms with Gasteiger partial charge in [0.25, 0.3) is 0 Å². The molecule has 0 radical (unpaired) electrons. The van der Waals surface area contributed by atoms with Gasteiger partial charge in [0, 0.05) is 9.37 Å². The molecule has 15 heavy (non-hydrogen) atoms. The Morgan fingerprint density at radius 1 is 1.20 bits per heavy atom. The molecule has 1 aliphatic rings. The summed E-state index contributed by atoms with van der Waals surface area (Å²) >= 11 is 5.06. The number of allylic oxidation sites excluding steroid dienone is 2. The Bertz CT molecular complexity index is 408. The van der Waals surface area contributed by atoms with Gasteiger partial charge in [0.1, 0.15) is 4.75 Å². The Morgan fingerprint density at radius 2 is 1.80 bits per heavy atom. The highest BCUT2D eigenvalue weighted by atomic mass is 79.9. The second-order valence-electron chi connectivity index (χ2n) is 3.54. The molecule has 0 N–H and O–H groups in total. The summed E-state index contributed by atoms with van der Waals surface area (Å²) in [5.41, 5.74) is 0. The van der Waals surface area contributed by atoms with Crippen molar-refractivity contribution < 1.29 is 0 Å². The molecule has 0 bridgehead atoms. The molecule has 1 aromatic rings. The third kappa shape index (κ3) is 2.45. The van der Waals surface area contributed by atoms with Crippen molar-refractivity contribution in [3.63, 3.8) is 0 Å². The van der Waals surface area contributed by atoms with Crippen LogP contribution >= 0.6 is 27.7 Å². The minimum absolute atomic E-state index is 0.270. The van der Waals surface area contributed by atoms with Gasteiger partial charge in [0.15, 0.2) is 0 Å². The summed E-state index contributed by atoms with van der Waals surface area (Å²) in [6.07, 6.45) is 5.89. The van der Waals surface area contributed by atoms with Gasteiger partial charge in [-0.1, -0.05) is 28.1 Å². The quantitative estimate of drug-likeness (QED) is 0.760. The predicted molar refractivity (Wildman–Crippen MR) is 66.7 cm³/mol. The zero-order chi connectivity index (χ0) is 10.7. The van der Waals surface area contributed by atoms with Crippen molar-refractivity contribution in [2.75, 3.05) is 0 Å². The van der Waals surface area contributed by atoms with Crippen LogP contribution in [-0.2, 0) is 0 Å². The van der Waals surface area contributed by atoms with Crippen molar-refractivity contribution in [1.29, 1.82) is 5.26 Å². The lowest BCUT2D eigenvalue weighted by molar-refractivity contribution is 0.792. The monoisotopic (exact) mass is 279 g/mol. The molecule has 0 aliphatic heterocycles. The van der Waals surface area contributed by atoms with E-state index in [9.17, 15) is 5.26 Å². The number of hydrogen-bond acceptors (Lipinski definition) is 2. The van der Waals surface area contributed by atoms with Gasteiger partial charge < -0.3 is 0 Å². The summed E-state index contributed by atoms with van der Waals surface area (Å²) in [5, 5.41) is 9.21. The van der Waals surface area contributed by atoms with E-state index in [1.54, 1.807) is 11.8 Å². The number of benzene rings is 1. The van der Waals surface area contributed by atoms with E-state index in [4.69, 9.17) is 0 Å². The first-order valence-corrected chi connectivity index (χ1v) is 6.36. The zero-order valence-corrected chi connectivity index (χ0v) is 10.5. The molecule has 1 aromatic carbocycles. The fraction of sp³-hybridized carbons (Fsp3) is 0.250. The lowest BCUT2D eigenvalue weighted by Crippen LogP contribution is -2.16. The number of rotatable bonds is 2. The topological polar surface area (TPSA) is 23.8 Å². The van der Waals surface area contributed by atoms with Gasteiger partial charge in [-0.05, 0) is 37.1 Å². The Morgan fingerprint density at radius 3 is 2.33 bits per heavy atom. The molecule has 0 saturated heterocycles. The average molecular weight is 280 g/mol. The second-order valence-corrected chi connectivity index (χ2v) is 5.91. The first-order valence-electron chi connectivity index (χ1n) is 4.75. The maximum Gasteiger partial charge on any atom is 0.114 e. The van der Waals surface area contributed by atoms with Crippen LogP contribution in [0.25, 0.3) is 0 Å². The van der Waals surface area contributed by atoms with Crippen molar-refractivity contribution in [2.45, 2.75) is 22.5 Å². The summed E-state index contributed by atoms with van der Waals surface area (Å²) in [7, 11) is 0. The molecule has 3 heteroatoms. The molecule has 0 fully saturated rings. The number of halogens is 1. The van der Waals surface area contributed by atoms with E-state index in [1.807, 2.05) is 24.3 Å². The van der Waals surface area contributed by atoms with Crippen LogP contribution in [0.5, 0.6) is 0 Å². The molecule has 0 atom stereocenters. The summed E-state index contributed by atoms with van der Waals surface area (Å²) in [6.45, 7) is 0. The van der Waals surface area contributed by atoms with E-state index in [0.717, 1.165) is 22.2 Å². The summed E-state index contributed by atoms with van der Waals surface area (Å²) < 4.78 is 0.802. The van der Waals surface area contributed by atoms with Crippen LogP contribution in [0.3, 0.4) is 0 Å². The lowest BCUT2D eigenvalue weighted by atomic mass is 10.1. The first-order chi connectivity index (χ1) is 7.24. The Labute approximate surface area is 102 Å².